The van der Waals surface area contributed by atoms with Gasteiger partial charge >= 0.3 is 6.09 Å². The molecule has 1 N–H and O–H groups in total. The lowest BCUT2D eigenvalue weighted by Gasteiger charge is -2.42. The van der Waals surface area contributed by atoms with E-state index in [0.29, 0.717) is 6.61 Å². The summed E-state index contributed by atoms with van der Waals surface area (Å²) in [5.41, 5.74) is 1.84. The van der Waals surface area contributed by atoms with E-state index in [1.165, 1.54) is 0 Å². The van der Waals surface area contributed by atoms with Crippen molar-refractivity contribution >= 4 is 22.0 Å². The molecule has 0 aliphatic heterocycles. The molecule has 1 aliphatic rings. The molecule has 0 aromatic heterocycles. The number of ether oxygens (including phenoxy) is 1. The van der Waals surface area contributed by atoms with E-state index < -0.39 is 0 Å². The highest BCUT2D eigenvalue weighted by atomic mass is 79.9. The van der Waals surface area contributed by atoms with Crippen molar-refractivity contribution in [3.05, 3.63) is 70.2 Å². The highest BCUT2D eigenvalue weighted by molar-refractivity contribution is 9.10. The molecular weight excluding hydrogens is 342 g/mol. The molecule has 0 unspecified atom stereocenters. The molecule has 114 valence electrons. The van der Waals surface area contributed by atoms with Gasteiger partial charge in [-0.3, -0.25) is 0 Å². The number of hydrogen-bond acceptors (Lipinski definition) is 2. The van der Waals surface area contributed by atoms with E-state index >= 15 is 0 Å². The third-order valence-corrected chi connectivity index (χ3v) is 4.63. The first-order valence-corrected chi connectivity index (χ1v) is 8.22. The number of rotatable bonds is 4. The maximum absolute atomic E-state index is 12.1. The van der Waals surface area contributed by atoms with Crippen molar-refractivity contribution in [2.24, 2.45) is 0 Å². The summed E-state index contributed by atoms with van der Waals surface area (Å²) >= 11 is 3.49. The summed E-state index contributed by atoms with van der Waals surface area (Å²) in [7, 11) is 0. The van der Waals surface area contributed by atoms with Gasteiger partial charge in [0.15, 0.2) is 0 Å². The van der Waals surface area contributed by atoms with Gasteiger partial charge in [-0.1, -0.05) is 58.4 Å². The first-order valence-electron chi connectivity index (χ1n) is 7.43. The Hall–Kier alpha value is -1.81. The second-order valence-corrected chi connectivity index (χ2v) is 6.55. The molecule has 0 spiro atoms. The fraction of sp³-hybridized carbons (Fsp3) is 0.278. The molecule has 0 radical (unpaired) electrons. The largest absolute Gasteiger partial charge is 0.445 e. The minimum atomic E-state index is -0.358. The topological polar surface area (TPSA) is 38.3 Å². The Kier molecular flexibility index (Phi) is 4.48. The average Bonchev–Trinajstić information content (AvgIpc) is 2.50. The van der Waals surface area contributed by atoms with E-state index in [0.717, 1.165) is 34.9 Å². The number of halogens is 1. The van der Waals surface area contributed by atoms with Crippen LogP contribution < -0.4 is 5.32 Å². The molecule has 1 saturated carbocycles. The highest BCUT2D eigenvalue weighted by Gasteiger charge is 2.40. The predicted molar refractivity (Wildman–Crippen MR) is 89.4 cm³/mol. The van der Waals surface area contributed by atoms with Gasteiger partial charge in [-0.2, -0.15) is 0 Å². The number of nitrogens with one attached hydrogen (secondary N) is 1. The molecule has 1 fully saturated rings. The van der Waals surface area contributed by atoms with E-state index in [1.54, 1.807) is 0 Å². The summed E-state index contributed by atoms with van der Waals surface area (Å²) < 4.78 is 6.37. The van der Waals surface area contributed by atoms with E-state index in [2.05, 4.69) is 33.4 Å². The van der Waals surface area contributed by atoms with Crippen molar-refractivity contribution < 1.29 is 9.53 Å². The van der Waals surface area contributed by atoms with Crippen LogP contribution in [-0.4, -0.2) is 6.09 Å². The van der Waals surface area contributed by atoms with Gasteiger partial charge < -0.3 is 10.1 Å². The molecule has 3 rings (SSSR count). The van der Waals surface area contributed by atoms with Crippen LogP contribution in [0, 0.1) is 0 Å². The summed E-state index contributed by atoms with van der Waals surface area (Å²) in [6.45, 7) is 0.293. The second kappa shape index (κ2) is 6.53. The molecule has 0 bridgehead atoms. The molecule has 2 aromatic carbocycles. The lowest BCUT2D eigenvalue weighted by Crippen LogP contribution is -2.50. The first kappa shape index (κ1) is 15.1. The Morgan fingerprint density at radius 3 is 2.55 bits per heavy atom. The first-order chi connectivity index (χ1) is 10.7. The number of benzene rings is 2. The normalized spacial score (nSPS) is 15.7. The van der Waals surface area contributed by atoms with Gasteiger partial charge in [0.1, 0.15) is 6.61 Å². The van der Waals surface area contributed by atoms with Gasteiger partial charge in [0.2, 0.25) is 0 Å². The zero-order chi connectivity index (χ0) is 15.4. The Morgan fingerprint density at radius 1 is 1.14 bits per heavy atom. The van der Waals surface area contributed by atoms with Crippen LogP contribution in [0.25, 0.3) is 0 Å². The van der Waals surface area contributed by atoms with Crippen molar-refractivity contribution in [1.29, 1.82) is 0 Å². The van der Waals surface area contributed by atoms with Crippen molar-refractivity contribution in [2.75, 3.05) is 0 Å². The van der Waals surface area contributed by atoms with Crippen LogP contribution in [-0.2, 0) is 16.9 Å². The van der Waals surface area contributed by atoms with Crippen molar-refractivity contribution in [3.8, 4) is 0 Å². The SMILES string of the molecule is O=C(NC1(c2cccc(Br)c2)CCC1)OCc1ccccc1. The zero-order valence-corrected chi connectivity index (χ0v) is 13.8. The van der Waals surface area contributed by atoms with Gasteiger partial charge in [0.25, 0.3) is 0 Å². The lowest BCUT2D eigenvalue weighted by atomic mass is 9.72. The Balaban J connectivity index is 1.64. The molecule has 2 aromatic rings. The van der Waals surface area contributed by atoms with Crippen LogP contribution in [0.3, 0.4) is 0 Å². The monoisotopic (exact) mass is 359 g/mol. The van der Waals surface area contributed by atoms with Crippen LogP contribution in [0.1, 0.15) is 30.4 Å². The number of amides is 1. The van der Waals surface area contributed by atoms with Crippen molar-refractivity contribution in [1.82, 2.24) is 5.32 Å². The fourth-order valence-electron chi connectivity index (χ4n) is 2.76. The quantitative estimate of drug-likeness (QED) is 0.854. The number of alkyl carbamates (subject to hydrolysis) is 1. The fourth-order valence-corrected chi connectivity index (χ4v) is 3.16. The molecule has 0 saturated heterocycles. The van der Waals surface area contributed by atoms with Gasteiger partial charge in [0, 0.05) is 4.47 Å². The Labute approximate surface area is 138 Å². The van der Waals surface area contributed by atoms with E-state index in [4.69, 9.17) is 4.74 Å². The maximum atomic E-state index is 12.1. The molecule has 22 heavy (non-hydrogen) atoms. The molecule has 0 atom stereocenters. The summed E-state index contributed by atoms with van der Waals surface area (Å²) in [5.74, 6) is 0. The smallest absolute Gasteiger partial charge is 0.408 e. The molecule has 4 heteroatoms. The van der Waals surface area contributed by atoms with Crippen LogP contribution in [0.5, 0.6) is 0 Å². The minimum Gasteiger partial charge on any atom is -0.445 e. The van der Waals surface area contributed by atoms with E-state index in [-0.39, 0.29) is 11.6 Å². The van der Waals surface area contributed by atoms with Crippen LogP contribution in [0.15, 0.2) is 59.1 Å². The molecule has 1 amide bonds. The van der Waals surface area contributed by atoms with Crippen molar-refractivity contribution in [3.63, 3.8) is 0 Å². The number of carbonyl (C=O) groups is 1. The molecule has 0 heterocycles. The van der Waals surface area contributed by atoms with Gasteiger partial charge in [-0.15, -0.1) is 0 Å². The third-order valence-electron chi connectivity index (χ3n) is 4.14. The summed E-state index contributed by atoms with van der Waals surface area (Å²) in [5, 5.41) is 3.06. The number of carbonyl (C=O) groups excluding carboxylic acids is 1. The Morgan fingerprint density at radius 2 is 1.91 bits per heavy atom. The third kappa shape index (κ3) is 3.33. The van der Waals surface area contributed by atoms with E-state index in [9.17, 15) is 4.79 Å². The van der Waals surface area contributed by atoms with Gasteiger partial charge in [-0.25, -0.2) is 4.79 Å². The zero-order valence-electron chi connectivity index (χ0n) is 12.2. The van der Waals surface area contributed by atoms with Gasteiger partial charge in [0.05, 0.1) is 5.54 Å². The Bertz CT molecular complexity index is 653. The summed E-state index contributed by atoms with van der Waals surface area (Å²) in [6.07, 6.45) is 2.66. The van der Waals surface area contributed by atoms with Crippen LogP contribution in [0.2, 0.25) is 0 Å². The molecular formula is C18H18BrNO2. The molecule has 3 nitrogen and oxygen atoms in total. The maximum Gasteiger partial charge on any atom is 0.408 e. The van der Waals surface area contributed by atoms with E-state index in [1.807, 2.05) is 42.5 Å². The minimum absolute atomic E-state index is 0.280. The second-order valence-electron chi connectivity index (χ2n) is 5.63. The van der Waals surface area contributed by atoms with Crippen molar-refractivity contribution in [2.45, 2.75) is 31.4 Å². The standard InChI is InChI=1S/C18H18BrNO2/c19-16-9-4-8-15(12-16)18(10-5-11-18)20-17(21)22-13-14-6-2-1-3-7-14/h1-4,6-9,12H,5,10-11,13H2,(H,20,21). The molecule has 1 aliphatic carbocycles. The van der Waals surface area contributed by atoms with Crippen LogP contribution in [0.4, 0.5) is 4.79 Å². The number of hydrogen-bond donors (Lipinski definition) is 1. The summed E-state index contributed by atoms with van der Waals surface area (Å²) in [4.78, 5) is 12.1. The van der Waals surface area contributed by atoms with Crippen LogP contribution >= 0.6 is 15.9 Å². The summed E-state index contributed by atoms with van der Waals surface area (Å²) in [6, 6.07) is 17.8. The highest BCUT2D eigenvalue weighted by Crippen LogP contribution is 2.42. The van der Waals surface area contributed by atoms with Gasteiger partial charge in [-0.05, 0) is 42.5 Å². The lowest BCUT2D eigenvalue weighted by molar-refractivity contribution is 0.106. The average molecular weight is 360 g/mol. The predicted octanol–water partition coefficient (Wildman–Crippen LogP) is 4.75.